The number of benzene rings is 1. The molecule has 1 atom stereocenters. The van der Waals surface area contributed by atoms with Gasteiger partial charge in [0.05, 0.1) is 5.56 Å². The molecule has 0 aliphatic heterocycles. The first kappa shape index (κ1) is 15.7. The van der Waals surface area contributed by atoms with Gasteiger partial charge in [-0.1, -0.05) is 31.5 Å². The molecule has 0 aliphatic rings. The van der Waals surface area contributed by atoms with Crippen LogP contribution in [0.1, 0.15) is 36.5 Å². The van der Waals surface area contributed by atoms with E-state index in [-0.39, 0.29) is 12.1 Å². The Morgan fingerprint density at radius 1 is 1.16 bits per heavy atom. The Morgan fingerprint density at radius 3 is 2.32 bits per heavy atom. The highest BCUT2D eigenvalue weighted by Crippen LogP contribution is 2.15. The molecule has 1 aromatic carbocycles. The lowest BCUT2D eigenvalue weighted by molar-refractivity contribution is -0.167. The van der Waals surface area contributed by atoms with Crippen molar-refractivity contribution >= 4 is 5.97 Å². The second-order valence-electron chi connectivity index (χ2n) is 4.29. The number of methoxy groups -OCH3 is 2. The molecule has 19 heavy (non-hydrogen) atoms. The lowest BCUT2D eigenvalue weighted by atomic mass is 10.1. The van der Waals surface area contributed by atoms with E-state index in [1.54, 1.807) is 26.4 Å². The summed E-state index contributed by atoms with van der Waals surface area (Å²) in [5.74, 6) is -0.346. The minimum Gasteiger partial charge on any atom is -0.453 e. The molecule has 1 rings (SSSR count). The molecular weight excluding hydrogens is 244 g/mol. The Balaban J connectivity index is 2.68. The van der Waals surface area contributed by atoms with E-state index in [1.165, 1.54) is 0 Å². The molecule has 0 N–H and O–H groups in total. The van der Waals surface area contributed by atoms with Gasteiger partial charge in [0.15, 0.2) is 12.4 Å². The Morgan fingerprint density at radius 2 is 1.79 bits per heavy atom. The number of carbonyl (C=O) groups excluding carboxylic acids is 1. The molecule has 4 heteroatoms. The van der Waals surface area contributed by atoms with Gasteiger partial charge >= 0.3 is 5.97 Å². The second-order valence-corrected chi connectivity index (χ2v) is 4.29. The summed E-state index contributed by atoms with van der Waals surface area (Å²) in [7, 11) is 3.09. The third-order valence-corrected chi connectivity index (χ3v) is 2.88. The molecule has 0 radical (unpaired) electrons. The van der Waals surface area contributed by atoms with Gasteiger partial charge < -0.3 is 14.2 Å². The highest BCUT2D eigenvalue weighted by molar-refractivity contribution is 5.89. The molecule has 1 unspecified atom stereocenters. The lowest BCUT2D eigenvalue weighted by Gasteiger charge is -2.24. The second kappa shape index (κ2) is 8.67. The van der Waals surface area contributed by atoms with Crippen LogP contribution in [0.2, 0.25) is 0 Å². The number of carbonyl (C=O) groups is 1. The van der Waals surface area contributed by atoms with E-state index in [9.17, 15) is 4.79 Å². The molecule has 0 amide bonds. The molecule has 0 bridgehead atoms. The zero-order valence-electron chi connectivity index (χ0n) is 11.8. The first-order chi connectivity index (χ1) is 9.22. The molecular formula is C15H22O4. The van der Waals surface area contributed by atoms with Gasteiger partial charge in [-0.15, -0.1) is 0 Å². The van der Waals surface area contributed by atoms with Crippen LogP contribution in [0.4, 0.5) is 0 Å². The van der Waals surface area contributed by atoms with Gasteiger partial charge in [0.1, 0.15) is 0 Å². The van der Waals surface area contributed by atoms with Crippen LogP contribution >= 0.6 is 0 Å². The molecule has 4 nitrogen and oxygen atoms in total. The van der Waals surface area contributed by atoms with Gasteiger partial charge in [-0.2, -0.15) is 0 Å². The maximum absolute atomic E-state index is 12.0. The van der Waals surface area contributed by atoms with Crippen molar-refractivity contribution in [3.8, 4) is 0 Å². The van der Waals surface area contributed by atoms with E-state index in [4.69, 9.17) is 14.2 Å². The molecule has 0 aromatic heterocycles. The maximum Gasteiger partial charge on any atom is 0.338 e. The summed E-state index contributed by atoms with van der Waals surface area (Å²) in [5.41, 5.74) is 0.537. The van der Waals surface area contributed by atoms with Crippen molar-refractivity contribution in [2.45, 2.75) is 38.6 Å². The summed E-state index contributed by atoms with van der Waals surface area (Å²) in [6.45, 7) is 2.09. The average Bonchev–Trinajstić information content (AvgIpc) is 2.46. The smallest absolute Gasteiger partial charge is 0.338 e. The van der Waals surface area contributed by atoms with E-state index in [1.807, 2.05) is 18.2 Å². The van der Waals surface area contributed by atoms with Crippen molar-refractivity contribution in [3.63, 3.8) is 0 Å². The first-order valence-electron chi connectivity index (χ1n) is 6.54. The van der Waals surface area contributed by atoms with Crippen LogP contribution in [-0.2, 0) is 14.2 Å². The minimum absolute atomic E-state index is 0.346. The highest BCUT2D eigenvalue weighted by atomic mass is 16.7. The molecule has 0 heterocycles. The number of hydrogen-bond donors (Lipinski definition) is 0. The summed E-state index contributed by atoms with van der Waals surface area (Å²) >= 11 is 0. The van der Waals surface area contributed by atoms with Crippen molar-refractivity contribution in [2.24, 2.45) is 0 Å². The normalized spacial score (nSPS) is 12.4. The molecule has 0 saturated carbocycles. The van der Waals surface area contributed by atoms with Crippen molar-refractivity contribution in [2.75, 3.05) is 14.2 Å². The van der Waals surface area contributed by atoms with E-state index < -0.39 is 6.29 Å². The molecule has 0 aliphatic carbocycles. The van der Waals surface area contributed by atoms with Crippen LogP contribution in [0.3, 0.4) is 0 Å². The van der Waals surface area contributed by atoms with Crippen LogP contribution in [-0.4, -0.2) is 32.6 Å². The van der Waals surface area contributed by atoms with Crippen LogP contribution in [0, 0.1) is 0 Å². The van der Waals surface area contributed by atoms with Crippen LogP contribution in [0.5, 0.6) is 0 Å². The third-order valence-electron chi connectivity index (χ3n) is 2.88. The zero-order chi connectivity index (χ0) is 14.1. The molecule has 106 valence electrons. The lowest BCUT2D eigenvalue weighted by Crippen LogP contribution is -2.34. The molecule has 0 spiro atoms. The van der Waals surface area contributed by atoms with Crippen molar-refractivity contribution in [1.29, 1.82) is 0 Å². The number of rotatable bonds is 8. The summed E-state index contributed by atoms with van der Waals surface area (Å²) in [4.78, 5) is 12.0. The van der Waals surface area contributed by atoms with Gasteiger partial charge in [-0.05, 0) is 25.0 Å². The van der Waals surface area contributed by atoms with Crippen LogP contribution in [0.15, 0.2) is 30.3 Å². The Hall–Kier alpha value is -1.39. The topological polar surface area (TPSA) is 44.8 Å². The monoisotopic (exact) mass is 266 g/mol. The largest absolute Gasteiger partial charge is 0.453 e. The first-order valence-corrected chi connectivity index (χ1v) is 6.54. The molecule has 0 fully saturated rings. The Bertz CT molecular complexity index is 360. The van der Waals surface area contributed by atoms with Gasteiger partial charge in [-0.3, -0.25) is 0 Å². The van der Waals surface area contributed by atoms with Gasteiger partial charge in [-0.25, -0.2) is 4.79 Å². The fourth-order valence-corrected chi connectivity index (χ4v) is 1.84. The fourth-order valence-electron chi connectivity index (χ4n) is 1.84. The fraction of sp³-hybridized carbons (Fsp3) is 0.533. The van der Waals surface area contributed by atoms with E-state index in [0.717, 1.165) is 19.3 Å². The minimum atomic E-state index is -0.529. The van der Waals surface area contributed by atoms with Crippen molar-refractivity contribution in [1.82, 2.24) is 0 Å². The summed E-state index contributed by atoms with van der Waals surface area (Å²) in [6, 6.07) is 8.93. The number of ether oxygens (including phenoxy) is 3. The predicted octanol–water partition coefficient (Wildman–Crippen LogP) is 3.02. The predicted molar refractivity (Wildman–Crippen MR) is 73.0 cm³/mol. The van der Waals surface area contributed by atoms with Gasteiger partial charge in [0.25, 0.3) is 0 Å². The number of esters is 1. The highest BCUT2D eigenvalue weighted by Gasteiger charge is 2.25. The number of unbranched alkanes of at least 4 members (excludes halogenated alkanes) is 1. The van der Waals surface area contributed by atoms with Crippen LogP contribution in [0.25, 0.3) is 0 Å². The molecule has 1 aromatic rings. The standard InChI is InChI=1S/C15H22O4/c1-4-5-11-13(15(17-2)18-3)19-14(16)12-9-7-6-8-10-12/h6-10,13,15H,4-5,11H2,1-3H3. The quantitative estimate of drug-likeness (QED) is 0.536. The van der Waals surface area contributed by atoms with Gasteiger partial charge in [0, 0.05) is 14.2 Å². The Labute approximate surface area is 114 Å². The average molecular weight is 266 g/mol. The molecule has 0 saturated heterocycles. The van der Waals surface area contributed by atoms with E-state index >= 15 is 0 Å². The zero-order valence-corrected chi connectivity index (χ0v) is 11.8. The van der Waals surface area contributed by atoms with Crippen molar-refractivity contribution < 1.29 is 19.0 Å². The van der Waals surface area contributed by atoms with Crippen LogP contribution < -0.4 is 0 Å². The number of hydrogen-bond acceptors (Lipinski definition) is 4. The van der Waals surface area contributed by atoms with E-state index in [0.29, 0.717) is 5.56 Å². The van der Waals surface area contributed by atoms with Gasteiger partial charge in [0.2, 0.25) is 0 Å². The Kier molecular flexibility index (Phi) is 7.15. The SMILES string of the molecule is CCCCC(OC(=O)c1ccccc1)C(OC)OC. The van der Waals surface area contributed by atoms with E-state index in [2.05, 4.69) is 6.92 Å². The summed E-state index contributed by atoms with van der Waals surface area (Å²) in [5, 5.41) is 0. The summed E-state index contributed by atoms with van der Waals surface area (Å²) in [6.07, 6.45) is 1.79. The third kappa shape index (κ3) is 5.01. The maximum atomic E-state index is 12.0. The summed E-state index contributed by atoms with van der Waals surface area (Å²) < 4.78 is 15.9. The van der Waals surface area contributed by atoms with Crippen molar-refractivity contribution in [3.05, 3.63) is 35.9 Å².